The molecule has 1 aromatic rings. The zero-order valence-electron chi connectivity index (χ0n) is 8.27. The molecule has 1 N–H and O–H groups in total. The number of nitro groups is 1. The first-order chi connectivity index (χ1) is 7.29. The molecule has 2 rings (SSSR count). The highest BCUT2D eigenvalue weighted by molar-refractivity contribution is 5.62. The number of para-hydroxylation sites is 1. The predicted molar refractivity (Wildman–Crippen MR) is 57.0 cm³/mol. The summed E-state index contributed by atoms with van der Waals surface area (Å²) in [5, 5.41) is 14.0. The Labute approximate surface area is 87.8 Å². The summed E-state index contributed by atoms with van der Waals surface area (Å²) in [5.41, 5.74) is 0.739. The number of anilines is 1. The minimum atomic E-state index is -0.353. The van der Waals surface area contributed by atoms with Gasteiger partial charge in [-0.15, -0.1) is 0 Å². The van der Waals surface area contributed by atoms with Crippen molar-refractivity contribution in [3.8, 4) is 0 Å². The van der Waals surface area contributed by atoms with E-state index in [4.69, 9.17) is 0 Å². The summed E-state index contributed by atoms with van der Waals surface area (Å²) in [5.74, 6) is 0. The minimum Gasteiger partial charge on any atom is -0.363 e. The normalized spacial score (nSPS) is 16.4. The van der Waals surface area contributed by atoms with E-state index in [0.29, 0.717) is 5.69 Å². The molecule has 1 saturated heterocycles. The van der Waals surface area contributed by atoms with Crippen LogP contribution in [0.15, 0.2) is 18.2 Å². The summed E-state index contributed by atoms with van der Waals surface area (Å²) in [6.07, 6.45) is 0. The number of hydrogen-bond acceptors (Lipinski definition) is 4. The Balaban J connectivity index is 2.29. The number of piperazine rings is 1. The van der Waals surface area contributed by atoms with E-state index in [-0.39, 0.29) is 10.6 Å². The Kier molecular flexibility index (Phi) is 2.82. The van der Waals surface area contributed by atoms with Crippen molar-refractivity contribution < 1.29 is 4.92 Å². The summed E-state index contributed by atoms with van der Waals surface area (Å²) in [7, 11) is 0. The molecule has 15 heavy (non-hydrogen) atoms. The number of benzene rings is 1. The van der Waals surface area contributed by atoms with Gasteiger partial charge in [-0.3, -0.25) is 10.1 Å². The summed E-state index contributed by atoms with van der Waals surface area (Å²) >= 11 is 0. The summed E-state index contributed by atoms with van der Waals surface area (Å²) in [6.45, 7) is 3.31. The maximum atomic E-state index is 10.8. The van der Waals surface area contributed by atoms with Gasteiger partial charge in [-0.25, -0.2) is 0 Å². The van der Waals surface area contributed by atoms with Crippen LogP contribution in [-0.2, 0) is 0 Å². The van der Waals surface area contributed by atoms with Crippen molar-refractivity contribution >= 4 is 11.4 Å². The molecule has 0 bridgehead atoms. The van der Waals surface area contributed by atoms with Gasteiger partial charge in [0, 0.05) is 38.3 Å². The van der Waals surface area contributed by atoms with Crippen LogP contribution in [0.3, 0.4) is 0 Å². The van der Waals surface area contributed by atoms with Crippen molar-refractivity contribution in [2.75, 3.05) is 31.1 Å². The lowest BCUT2D eigenvalue weighted by Crippen LogP contribution is -2.43. The highest BCUT2D eigenvalue weighted by Crippen LogP contribution is 2.26. The number of nitro benzene ring substituents is 1. The fourth-order valence-electron chi connectivity index (χ4n) is 1.71. The Morgan fingerprint density at radius 1 is 1.47 bits per heavy atom. The first-order valence-electron chi connectivity index (χ1n) is 4.90. The van der Waals surface area contributed by atoms with Crippen LogP contribution >= 0.6 is 0 Å². The second-order valence-electron chi connectivity index (χ2n) is 3.40. The van der Waals surface area contributed by atoms with Gasteiger partial charge in [-0.2, -0.15) is 0 Å². The van der Waals surface area contributed by atoms with Gasteiger partial charge < -0.3 is 10.2 Å². The molecule has 0 spiro atoms. The topological polar surface area (TPSA) is 58.4 Å². The van der Waals surface area contributed by atoms with Crippen LogP contribution in [0.4, 0.5) is 11.4 Å². The van der Waals surface area contributed by atoms with Gasteiger partial charge in [0.05, 0.1) is 4.92 Å². The van der Waals surface area contributed by atoms with E-state index < -0.39 is 0 Å². The fraction of sp³-hybridized carbons (Fsp3) is 0.400. The van der Waals surface area contributed by atoms with E-state index in [1.165, 1.54) is 6.07 Å². The summed E-state index contributed by atoms with van der Waals surface area (Å²) in [4.78, 5) is 12.4. The average Bonchev–Trinajstić information content (AvgIpc) is 2.30. The molecule has 5 nitrogen and oxygen atoms in total. The lowest BCUT2D eigenvalue weighted by atomic mass is 10.2. The molecule has 1 aliphatic rings. The summed E-state index contributed by atoms with van der Waals surface area (Å²) in [6, 6.07) is 7.82. The first kappa shape index (κ1) is 9.92. The molecule has 0 atom stereocenters. The number of nitrogens with zero attached hydrogens (tertiary/aromatic N) is 2. The molecule has 1 fully saturated rings. The van der Waals surface area contributed by atoms with Gasteiger partial charge in [0.1, 0.15) is 5.69 Å². The standard InChI is InChI=1S/C10H12N3O2/c14-13(15)10-4-2-1-3-9(10)12-7-5-11-6-8-12/h1-2,4,11H,5-8H2. The van der Waals surface area contributed by atoms with Gasteiger partial charge in [-0.1, -0.05) is 12.1 Å². The van der Waals surface area contributed by atoms with Crippen LogP contribution in [0.25, 0.3) is 0 Å². The molecular weight excluding hydrogens is 194 g/mol. The fourth-order valence-corrected chi connectivity index (χ4v) is 1.71. The lowest BCUT2D eigenvalue weighted by molar-refractivity contribution is -0.384. The largest absolute Gasteiger partial charge is 0.363 e. The van der Waals surface area contributed by atoms with E-state index in [1.807, 2.05) is 4.90 Å². The molecule has 1 aliphatic heterocycles. The van der Waals surface area contributed by atoms with Gasteiger partial charge in [0.2, 0.25) is 0 Å². The molecule has 1 aromatic carbocycles. The molecule has 0 aromatic heterocycles. The smallest absolute Gasteiger partial charge is 0.293 e. The Hall–Kier alpha value is -1.62. The van der Waals surface area contributed by atoms with Gasteiger partial charge in [0.15, 0.2) is 0 Å². The highest BCUT2D eigenvalue weighted by atomic mass is 16.6. The number of hydrogen-bond donors (Lipinski definition) is 1. The van der Waals surface area contributed by atoms with Gasteiger partial charge in [-0.05, 0) is 0 Å². The second-order valence-corrected chi connectivity index (χ2v) is 3.40. The van der Waals surface area contributed by atoms with Crippen LogP contribution in [0.1, 0.15) is 0 Å². The quantitative estimate of drug-likeness (QED) is 0.574. The predicted octanol–water partition coefficient (Wildman–Crippen LogP) is 0.805. The zero-order valence-corrected chi connectivity index (χ0v) is 8.27. The van der Waals surface area contributed by atoms with Crippen LogP contribution < -0.4 is 10.2 Å². The first-order valence-corrected chi connectivity index (χ1v) is 4.90. The Bertz CT molecular complexity index is 361. The molecule has 1 heterocycles. The Morgan fingerprint density at radius 2 is 2.20 bits per heavy atom. The van der Waals surface area contributed by atoms with Crippen molar-refractivity contribution in [2.45, 2.75) is 0 Å². The highest BCUT2D eigenvalue weighted by Gasteiger charge is 2.19. The monoisotopic (exact) mass is 206 g/mol. The Morgan fingerprint density at radius 3 is 2.87 bits per heavy atom. The van der Waals surface area contributed by atoms with Crippen molar-refractivity contribution in [1.82, 2.24) is 5.32 Å². The molecule has 79 valence electrons. The van der Waals surface area contributed by atoms with E-state index >= 15 is 0 Å². The molecule has 5 heteroatoms. The van der Waals surface area contributed by atoms with Crippen molar-refractivity contribution in [3.05, 3.63) is 34.4 Å². The molecule has 0 saturated carbocycles. The maximum Gasteiger partial charge on any atom is 0.293 e. The van der Waals surface area contributed by atoms with Crippen LogP contribution in [0.5, 0.6) is 0 Å². The minimum absolute atomic E-state index is 0.138. The van der Waals surface area contributed by atoms with Gasteiger partial charge >= 0.3 is 0 Å². The van der Waals surface area contributed by atoms with E-state index in [1.54, 1.807) is 12.1 Å². The maximum absolute atomic E-state index is 10.8. The zero-order chi connectivity index (χ0) is 10.7. The van der Waals surface area contributed by atoms with Crippen LogP contribution in [0.2, 0.25) is 0 Å². The second kappa shape index (κ2) is 4.27. The lowest BCUT2D eigenvalue weighted by Gasteiger charge is -2.28. The van der Waals surface area contributed by atoms with Crippen LogP contribution in [-0.4, -0.2) is 31.1 Å². The molecule has 0 amide bonds. The molecule has 0 aliphatic carbocycles. The SMILES string of the molecule is O=[N+]([O-])c1ccc[c]c1N1CCNCC1. The van der Waals surface area contributed by atoms with E-state index in [9.17, 15) is 10.1 Å². The van der Waals surface area contributed by atoms with E-state index in [0.717, 1.165) is 26.2 Å². The van der Waals surface area contributed by atoms with Gasteiger partial charge in [0.25, 0.3) is 5.69 Å². The van der Waals surface area contributed by atoms with Crippen molar-refractivity contribution in [3.63, 3.8) is 0 Å². The van der Waals surface area contributed by atoms with Crippen molar-refractivity contribution in [2.24, 2.45) is 0 Å². The number of rotatable bonds is 2. The molecule has 0 unspecified atom stereocenters. The summed E-state index contributed by atoms with van der Waals surface area (Å²) < 4.78 is 0. The third kappa shape index (κ3) is 2.07. The third-order valence-electron chi connectivity index (χ3n) is 2.44. The van der Waals surface area contributed by atoms with Crippen LogP contribution in [0, 0.1) is 16.2 Å². The molecular formula is C10H12N3O2. The average molecular weight is 206 g/mol. The van der Waals surface area contributed by atoms with Crippen molar-refractivity contribution in [1.29, 1.82) is 0 Å². The number of nitrogens with one attached hydrogen (secondary N) is 1. The molecule has 1 radical (unpaired) electrons. The third-order valence-corrected chi connectivity index (χ3v) is 2.44. The van der Waals surface area contributed by atoms with E-state index in [2.05, 4.69) is 11.4 Å².